The molecule has 0 aliphatic heterocycles. The predicted octanol–water partition coefficient (Wildman–Crippen LogP) is 7.37. The van der Waals surface area contributed by atoms with Crippen LogP contribution in [0.3, 0.4) is 0 Å². The minimum absolute atomic E-state index is 0.0301. The van der Waals surface area contributed by atoms with Crippen molar-refractivity contribution < 1.29 is 19.5 Å². The molecular formula is C37H57NO4. The van der Waals surface area contributed by atoms with Gasteiger partial charge in [0.25, 0.3) is 0 Å². The fourth-order valence-corrected chi connectivity index (χ4v) is 11.0. The van der Waals surface area contributed by atoms with Gasteiger partial charge in [-0.1, -0.05) is 81.7 Å². The number of allylic oxidation sites excluding steroid dienone is 3. The minimum atomic E-state index is -1.55. The Kier molecular flexibility index (Phi) is 7.07. The molecule has 0 saturated heterocycles. The summed E-state index contributed by atoms with van der Waals surface area (Å²) >= 11 is 0. The van der Waals surface area contributed by atoms with Crippen molar-refractivity contribution >= 4 is 17.5 Å². The summed E-state index contributed by atoms with van der Waals surface area (Å²) in [5.41, 5.74) is -3.25. The highest BCUT2D eigenvalue weighted by atomic mass is 16.3. The molecule has 8 unspecified atom stereocenters. The summed E-state index contributed by atoms with van der Waals surface area (Å²) in [5.74, 6) is -0.165. The Morgan fingerprint density at radius 1 is 0.952 bits per heavy atom. The van der Waals surface area contributed by atoms with Gasteiger partial charge in [-0.3, -0.25) is 14.4 Å². The molecule has 0 radical (unpaired) electrons. The Morgan fingerprint density at radius 3 is 2.24 bits per heavy atom. The van der Waals surface area contributed by atoms with Gasteiger partial charge in [-0.2, -0.15) is 0 Å². The second-order valence-corrected chi connectivity index (χ2v) is 17.7. The van der Waals surface area contributed by atoms with E-state index in [0.29, 0.717) is 13.0 Å². The number of carbonyl (C=O) groups excluding carboxylic acids is 3. The monoisotopic (exact) mass is 579 g/mol. The van der Waals surface area contributed by atoms with Crippen LogP contribution in [0.2, 0.25) is 0 Å². The van der Waals surface area contributed by atoms with Crippen LogP contribution in [0.5, 0.6) is 0 Å². The lowest BCUT2D eigenvalue weighted by molar-refractivity contribution is -0.242. The third-order valence-corrected chi connectivity index (χ3v) is 14.3. The van der Waals surface area contributed by atoms with Gasteiger partial charge in [0.1, 0.15) is 5.60 Å². The quantitative estimate of drug-likeness (QED) is 0.356. The van der Waals surface area contributed by atoms with E-state index in [4.69, 9.17) is 0 Å². The maximum Gasteiger partial charge on any atom is 0.225 e. The number of ketones is 2. The van der Waals surface area contributed by atoms with E-state index in [9.17, 15) is 19.5 Å². The summed E-state index contributed by atoms with van der Waals surface area (Å²) in [6.45, 7) is 22.3. The molecule has 234 valence electrons. The first-order valence-electron chi connectivity index (χ1n) is 16.7. The van der Waals surface area contributed by atoms with E-state index in [1.165, 1.54) is 0 Å². The molecule has 5 nitrogen and oxygen atoms in total. The Hall–Kier alpha value is -1.75. The summed E-state index contributed by atoms with van der Waals surface area (Å²) in [5, 5.41) is 16.3. The van der Waals surface area contributed by atoms with Crippen molar-refractivity contribution in [3.63, 3.8) is 0 Å². The Morgan fingerprint density at radius 2 is 1.60 bits per heavy atom. The number of fused-ring (bicyclic) bond motifs is 7. The van der Waals surface area contributed by atoms with Gasteiger partial charge in [0.15, 0.2) is 11.6 Å². The van der Waals surface area contributed by atoms with Crippen LogP contribution in [0.15, 0.2) is 23.8 Å². The van der Waals surface area contributed by atoms with Crippen LogP contribution in [0.25, 0.3) is 0 Å². The van der Waals surface area contributed by atoms with Crippen LogP contribution in [0, 0.1) is 49.7 Å². The fraction of sp³-hybridized carbons (Fsp3) is 0.811. The van der Waals surface area contributed by atoms with Gasteiger partial charge in [0, 0.05) is 34.1 Å². The van der Waals surface area contributed by atoms with Crippen LogP contribution in [0.1, 0.15) is 127 Å². The van der Waals surface area contributed by atoms with Crippen LogP contribution >= 0.6 is 0 Å². The summed E-state index contributed by atoms with van der Waals surface area (Å²) < 4.78 is 0. The molecule has 5 aliphatic rings. The number of hydrogen-bond donors (Lipinski definition) is 2. The Balaban J connectivity index is 1.55. The molecule has 0 heterocycles. The van der Waals surface area contributed by atoms with Gasteiger partial charge in [-0.05, 0) is 91.3 Å². The topological polar surface area (TPSA) is 83.5 Å². The van der Waals surface area contributed by atoms with E-state index in [-0.39, 0.29) is 40.1 Å². The average Bonchev–Trinajstić information content (AvgIpc) is 2.90. The number of nitrogens with one attached hydrogen (secondary N) is 1. The van der Waals surface area contributed by atoms with Crippen molar-refractivity contribution in [2.45, 2.75) is 133 Å². The molecule has 8 atom stereocenters. The van der Waals surface area contributed by atoms with Crippen molar-refractivity contribution in [3.05, 3.63) is 23.8 Å². The second kappa shape index (κ2) is 9.38. The Bertz CT molecular complexity index is 1260. The van der Waals surface area contributed by atoms with Crippen LogP contribution < -0.4 is 5.32 Å². The maximum atomic E-state index is 14.6. The fourth-order valence-electron chi connectivity index (χ4n) is 11.0. The lowest BCUT2D eigenvalue weighted by Crippen LogP contribution is -2.74. The third kappa shape index (κ3) is 4.00. The number of hydrogen-bond acceptors (Lipinski definition) is 4. The molecular weight excluding hydrogens is 522 g/mol. The zero-order chi connectivity index (χ0) is 31.4. The normalized spacial score (nSPS) is 46.1. The molecule has 0 aromatic carbocycles. The van der Waals surface area contributed by atoms with E-state index in [2.05, 4.69) is 80.6 Å². The van der Waals surface area contributed by atoms with Crippen molar-refractivity contribution in [2.75, 3.05) is 6.54 Å². The number of carbonyl (C=O) groups is 3. The third-order valence-electron chi connectivity index (χ3n) is 14.3. The summed E-state index contributed by atoms with van der Waals surface area (Å²) in [4.78, 5) is 41.4. The lowest BCUT2D eigenvalue weighted by Gasteiger charge is -2.71. The van der Waals surface area contributed by atoms with Gasteiger partial charge in [0.05, 0.1) is 0 Å². The molecule has 3 saturated carbocycles. The summed E-state index contributed by atoms with van der Waals surface area (Å²) in [6.07, 6.45) is 13.3. The molecule has 2 N–H and O–H groups in total. The van der Waals surface area contributed by atoms with E-state index in [0.717, 1.165) is 56.9 Å². The van der Waals surface area contributed by atoms with Crippen LogP contribution in [-0.2, 0) is 14.4 Å². The van der Waals surface area contributed by atoms with Gasteiger partial charge >= 0.3 is 0 Å². The van der Waals surface area contributed by atoms with Crippen molar-refractivity contribution in [1.82, 2.24) is 5.32 Å². The number of aliphatic hydroxyl groups is 1. The van der Waals surface area contributed by atoms with Gasteiger partial charge in [-0.25, -0.2) is 0 Å². The zero-order valence-corrected chi connectivity index (χ0v) is 28.1. The first-order chi connectivity index (χ1) is 19.2. The van der Waals surface area contributed by atoms with Crippen LogP contribution in [0.4, 0.5) is 0 Å². The van der Waals surface area contributed by atoms with E-state index >= 15 is 0 Å². The van der Waals surface area contributed by atoms with Gasteiger partial charge < -0.3 is 10.4 Å². The molecule has 0 spiro atoms. The number of amides is 1. The Labute approximate surface area is 254 Å². The molecule has 5 heteroatoms. The standard InChI is InChI=1S/C37H57NO4/c1-11-14-30(2,3)23-38-29(41)33(7)18-17-32(6)19-20-36(10)35(9)16-12-24-31(4,5)27(39)13-15-34(24,8)25(35)21-28(40)37(36,42)26(32)22-33/h13,15,21,24,26,42H,11-12,14,16-20,22-23H2,1-10H3,(H,38,41). The first-order valence-corrected chi connectivity index (χ1v) is 16.7. The lowest BCUT2D eigenvalue weighted by atomic mass is 9.33. The second-order valence-electron chi connectivity index (χ2n) is 17.7. The number of rotatable bonds is 5. The van der Waals surface area contributed by atoms with E-state index in [1.54, 1.807) is 12.2 Å². The first kappa shape index (κ1) is 31.7. The zero-order valence-electron chi connectivity index (χ0n) is 28.1. The maximum absolute atomic E-state index is 14.6. The highest BCUT2D eigenvalue weighted by Gasteiger charge is 2.75. The van der Waals surface area contributed by atoms with E-state index in [1.807, 2.05) is 0 Å². The van der Waals surface area contributed by atoms with Crippen molar-refractivity contribution in [3.8, 4) is 0 Å². The molecule has 0 aromatic rings. The SMILES string of the molecule is CCCC(C)(C)CNC(=O)C1(C)CCC2(C)CCC3(C)C4(C)CCC5C(C)(C)C(=O)C=CC5(C)C4=CC(=O)C3(O)C2C1. The average molecular weight is 580 g/mol. The molecule has 5 rings (SSSR count). The molecule has 42 heavy (non-hydrogen) atoms. The molecule has 1 amide bonds. The van der Waals surface area contributed by atoms with Crippen LogP contribution in [-0.4, -0.2) is 34.7 Å². The molecule has 0 aromatic heterocycles. The van der Waals surface area contributed by atoms with Crippen molar-refractivity contribution in [1.29, 1.82) is 0 Å². The molecule has 0 bridgehead atoms. The van der Waals surface area contributed by atoms with Gasteiger partial charge in [-0.15, -0.1) is 0 Å². The smallest absolute Gasteiger partial charge is 0.225 e. The van der Waals surface area contributed by atoms with Gasteiger partial charge in [0.2, 0.25) is 5.91 Å². The molecule has 3 fully saturated rings. The summed E-state index contributed by atoms with van der Waals surface area (Å²) in [6, 6.07) is 0. The van der Waals surface area contributed by atoms with E-state index < -0.39 is 32.7 Å². The minimum Gasteiger partial charge on any atom is -0.381 e. The van der Waals surface area contributed by atoms with Crippen molar-refractivity contribution in [2.24, 2.45) is 49.7 Å². The predicted molar refractivity (Wildman–Crippen MR) is 168 cm³/mol. The highest BCUT2D eigenvalue weighted by Crippen LogP contribution is 2.75. The summed E-state index contributed by atoms with van der Waals surface area (Å²) in [7, 11) is 0. The highest BCUT2D eigenvalue weighted by molar-refractivity contribution is 6.01. The molecule has 5 aliphatic carbocycles. The largest absolute Gasteiger partial charge is 0.381 e.